The highest BCUT2D eigenvalue weighted by molar-refractivity contribution is 7.15. The van der Waals surface area contributed by atoms with E-state index in [-0.39, 0.29) is 12.5 Å². The van der Waals surface area contributed by atoms with Crippen LogP contribution in [0, 0.1) is 6.92 Å². The van der Waals surface area contributed by atoms with Crippen LogP contribution in [0.5, 0.6) is 0 Å². The van der Waals surface area contributed by atoms with Gasteiger partial charge in [0, 0.05) is 17.0 Å². The van der Waals surface area contributed by atoms with E-state index in [1.54, 1.807) is 36.6 Å². The van der Waals surface area contributed by atoms with Gasteiger partial charge in [0.25, 0.3) is 5.91 Å². The number of carbonyl (C=O) groups excluding carboxylic acids is 2. The Hall–Kier alpha value is -2.93. The van der Waals surface area contributed by atoms with Crippen molar-refractivity contribution in [2.45, 2.75) is 13.5 Å². The molecule has 3 N–H and O–H groups in total. The van der Waals surface area contributed by atoms with E-state index in [0.717, 1.165) is 10.4 Å². The highest BCUT2D eigenvalue weighted by Gasteiger charge is 2.17. The van der Waals surface area contributed by atoms with Gasteiger partial charge in [-0.2, -0.15) is 0 Å². The fraction of sp³-hybridized carbons (Fsp3) is 0.118. The van der Waals surface area contributed by atoms with Crippen molar-refractivity contribution in [1.82, 2.24) is 10.3 Å². The first-order valence-corrected chi connectivity index (χ1v) is 8.04. The third-order valence-electron chi connectivity index (χ3n) is 3.41. The van der Waals surface area contributed by atoms with E-state index in [0.29, 0.717) is 22.0 Å². The minimum atomic E-state index is -0.499. The van der Waals surface area contributed by atoms with Gasteiger partial charge in [0.1, 0.15) is 5.69 Å². The van der Waals surface area contributed by atoms with Crippen LogP contribution in [0.3, 0.4) is 0 Å². The molecule has 2 heterocycles. The van der Waals surface area contributed by atoms with Gasteiger partial charge < -0.3 is 15.5 Å². The minimum absolute atomic E-state index is 0.272. The lowest BCUT2D eigenvalue weighted by Gasteiger charge is -2.05. The number of rotatable bonds is 5. The van der Waals surface area contributed by atoms with Crippen molar-refractivity contribution in [3.63, 3.8) is 0 Å². The summed E-state index contributed by atoms with van der Waals surface area (Å²) in [6.45, 7) is 2.12. The summed E-state index contributed by atoms with van der Waals surface area (Å²) >= 11 is 1.40. The average molecular weight is 341 g/mol. The molecule has 7 heteroatoms. The van der Waals surface area contributed by atoms with E-state index in [2.05, 4.69) is 10.3 Å². The van der Waals surface area contributed by atoms with Gasteiger partial charge in [-0.25, -0.2) is 4.98 Å². The Bertz CT molecular complexity index is 884. The number of nitrogens with two attached hydrogens (primary N) is 1. The van der Waals surface area contributed by atoms with Gasteiger partial charge in [-0.05, 0) is 36.8 Å². The molecule has 122 valence electrons. The molecular weight excluding hydrogens is 326 g/mol. The second-order valence-corrected chi connectivity index (χ2v) is 6.35. The number of thiazole rings is 1. The molecule has 0 bridgehead atoms. The Morgan fingerprint density at radius 3 is 2.83 bits per heavy atom. The van der Waals surface area contributed by atoms with Crippen LogP contribution in [-0.4, -0.2) is 16.8 Å². The van der Waals surface area contributed by atoms with Gasteiger partial charge in [0.05, 0.1) is 6.26 Å². The molecule has 24 heavy (non-hydrogen) atoms. The van der Waals surface area contributed by atoms with Gasteiger partial charge in [-0.3, -0.25) is 9.59 Å². The Balaban J connectivity index is 1.72. The van der Waals surface area contributed by atoms with Crippen LogP contribution < -0.4 is 11.1 Å². The number of nitrogens with one attached hydrogen (secondary N) is 1. The van der Waals surface area contributed by atoms with Gasteiger partial charge in [-0.1, -0.05) is 12.1 Å². The van der Waals surface area contributed by atoms with Crippen molar-refractivity contribution in [3.05, 3.63) is 64.4 Å². The predicted molar refractivity (Wildman–Crippen MR) is 90.7 cm³/mol. The second-order valence-electron chi connectivity index (χ2n) is 5.15. The molecule has 0 spiro atoms. The maximum atomic E-state index is 12.4. The van der Waals surface area contributed by atoms with E-state index in [4.69, 9.17) is 10.2 Å². The van der Waals surface area contributed by atoms with E-state index >= 15 is 0 Å². The van der Waals surface area contributed by atoms with Crippen LogP contribution in [0.25, 0.3) is 10.8 Å². The SMILES string of the molecule is Cc1sc(-c2ccco2)nc1C(=O)NCc1cccc(C(N)=O)c1. The number of aromatic nitrogens is 1. The molecule has 0 atom stereocenters. The van der Waals surface area contributed by atoms with Gasteiger partial charge >= 0.3 is 0 Å². The van der Waals surface area contributed by atoms with E-state index < -0.39 is 5.91 Å². The molecule has 1 aromatic carbocycles. The minimum Gasteiger partial charge on any atom is -0.462 e. The molecule has 6 nitrogen and oxygen atoms in total. The Kier molecular flexibility index (Phi) is 4.43. The largest absolute Gasteiger partial charge is 0.462 e. The second kappa shape index (κ2) is 6.67. The van der Waals surface area contributed by atoms with Gasteiger partial charge in [0.2, 0.25) is 5.91 Å². The van der Waals surface area contributed by atoms with E-state index in [1.165, 1.54) is 11.3 Å². The standard InChI is InChI=1S/C17H15N3O3S/c1-10-14(20-17(24-10)13-6-3-7-23-13)16(22)19-9-11-4-2-5-12(8-11)15(18)21/h2-8H,9H2,1H3,(H2,18,21)(H,19,22). The highest BCUT2D eigenvalue weighted by atomic mass is 32.1. The van der Waals surface area contributed by atoms with Gasteiger partial charge in [-0.15, -0.1) is 11.3 Å². The monoisotopic (exact) mass is 341 g/mol. The number of furan rings is 1. The molecular formula is C17H15N3O3S. The Morgan fingerprint density at radius 1 is 1.29 bits per heavy atom. The molecule has 0 radical (unpaired) electrons. The number of carbonyl (C=O) groups is 2. The van der Waals surface area contributed by atoms with Crippen LogP contribution in [0.2, 0.25) is 0 Å². The zero-order chi connectivity index (χ0) is 17.1. The zero-order valence-corrected chi connectivity index (χ0v) is 13.7. The number of hydrogen-bond donors (Lipinski definition) is 2. The number of amides is 2. The Morgan fingerprint density at radius 2 is 2.12 bits per heavy atom. The molecule has 2 amide bonds. The fourth-order valence-electron chi connectivity index (χ4n) is 2.21. The number of hydrogen-bond acceptors (Lipinski definition) is 5. The third kappa shape index (κ3) is 3.36. The first kappa shape index (κ1) is 15.9. The Labute approximate surface area is 142 Å². The molecule has 0 fully saturated rings. The van der Waals surface area contributed by atoms with Crippen molar-refractivity contribution in [2.24, 2.45) is 5.73 Å². The zero-order valence-electron chi connectivity index (χ0n) is 12.9. The summed E-state index contributed by atoms with van der Waals surface area (Å²) in [5.41, 5.74) is 6.83. The lowest BCUT2D eigenvalue weighted by atomic mass is 10.1. The van der Waals surface area contributed by atoms with Crippen LogP contribution in [0.1, 0.15) is 31.3 Å². The molecule has 0 saturated carbocycles. The molecule has 3 rings (SSSR count). The normalized spacial score (nSPS) is 10.5. The third-order valence-corrected chi connectivity index (χ3v) is 4.39. The lowest BCUT2D eigenvalue weighted by molar-refractivity contribution is 0.0945. The van der Waals surface area contributed by atoms with Crippen molar-refractivity contribution in [3.8, 4) is 10.8 Å². The lowest BCUT2D eigenvalue weighted by Crippen LogP contribution is -2.24. The van der Waals surface area contributed by atoms with Crippen LogP contribution in [-0.2, 0) is 6.54 Å². The van der Waals surface area contributed by atoms with Crippen LogP contribution in [0.4, 0.5) is 0 Å². The quantitative estimate of drug-likeness (QED) is 0.745. The van der Waals surface area contributed by atoms with Crippen molar-refractivity contribution in [2.75, 3.05) is 0 Å². The topological polar surface area (TPSA) is 98.2 Å². The summed E-state index contributed by atoms with van der Waals surface area (Å²) in [6.07, 6.45) is 1.57. The highest BCUT2D eigenvalue weighted by Crippen LogP contribution is 2.27. The summed E-state index contributed by atoms with van der Waals surface area (Å²) in [5, 5.41) is 3.47. The summed E-state index contributed by atoms with van der Waals surface area (Å²) in [5.74, 6) is -0.135. The first-order chi connectivity index (χ1) is 11.5. The van der Waals surface area contributed by atoms with Crippen LogP contribution in [0.15, 0.2) is 47.1 Å². The molecule has 0 aliphatic heterocycles. The maximum absolute atomic E-state index is 12.4. The maximum Gasteiger partial charge on any atom is 0.271 e. The van der Waals surface area contributed by atoms with Gasteiger partial charge in [0.15, 0.2) is 10.8 Å². The average Bonchev–Trinajstić information content (AvgIpc) is 3.22. The van der Waals surface area contributed by atoms with Crippen LogP contribution >= 0.6 is 11.3 Å². The summed E-state index contributed by atoms with van der Waals surface area (Å²) in [6, 6.07) is 10.4. The van der Waals surface area contributed by atoms with Crippen molar-refractivity contribution < 1.29 is 14.0 Å². The molecule has 2 aromatic heterocycles. The summed E-state index contributed by atoms with van der Waals surface area (Å²) in [4.78, 5) is 28.7. The summed E-state index contributed by atoms with van der Waals surface area (Å²) < 4.78 is 5.30. The number of nitrogens with zero attached hydrogens (tertiary/aromatic N) is 1. The van der Waals surface area contributed by atoms with Crippen molar-refractivity contribution in [1.29, 1.82) is 0 Å². The smallest absolute Gasteiger partial charge is 0.271 e. The van der Waals surface area contributed by atoms with E-state index in [9.17, 15) is 9.59 Å². The molecule has 0 saturated heterocycles. The number of aryl methyl sites for hydroxylation is 1. The van der Waals surface area contributed by atoms with Crippen molar-refractivity contribution >= 4 is 23.2 Å². The predicted octanol–water partition coefficient (Wildman–Crippen LogP) is 2.74. The first-order valence-electron chi connectivity index (χ1n) is 7.23. The fourth-order valence-corrected chi connectivity index (χ4v) is 3.09. The molecule has 0 aliphatic carbocycles. The molecule has 0 aliphatic rings. The van der Waals surface area contributed by atoms with E-state index in [1.807, 2.05) is 13.0 Å². The number of primary amides is 1. The number of benzene rings is 1. The summed E-state index contributed by atoms with van der Waals surface area (Å²) in [7, 11) is 0. The molecule has 0 unspecified atom stereocenters. The molecule has 3 aromatic rings.